The number of aromatic nitrogens is 2. The molecule has 3 rings (SSSR count). The highest BCUT2D eigenvalue weighted by molar-refractivity contribution is 7.08. The first-order valence-corrected chi connectivity index (χ1v) is 8.95. The minimum atomic E-state index is -0.802. The Kier molecular flexibility index (Phi) is 5.27. The van der Waals surface area contributed by atoms with Gasteiger partial charge in [0.15, 0.2) is 0 Å². The van der Waals surface area contributed by atoms with E-state index in [0.29, 0.717) is 47.8 Å². The molecule has 2 aromatic rings. The molecule has 0 saturated carbocycles. The molecule has 1 fully saturated rings. The van der Waals surface area contributed by atoms with Gasteiger partial charge in [-0.2, -0.15) is 0 Å². The third-order valence-corrected chi connectivity index (χ3v) is 5.21. The van der Waals surface area contributed by atoms with Gasteiger partial charge < -0.3 is 15.3 Å². The standard InChI is InChI=1S/C17H18N4O4S/c1-10-14(26-20-19-10)15(22)18-13-4-2-11(3-5-13)16(23)21-8-6-12(7-9-21)17(24)25/h2-5,12H,6-9H2,1H3,(H,18,22)(H,24,25). The Bertz CT molecular complexity index is 826. The molecule has 136 valence electrons. The molecule has 1 aliphatic heterocycles. The zero-order valence-electron chi connectivity index (χ0n) is 14.1. The summed E-state index contributed by atoms with van der Waals surface area (Å²) in [6.45, 7) is 2.59. The van der Waals surface area contributed by atoms with Crippen LogP contribution in [-0.4, -0.2) is 50.5 Å². The highest BCUT2D eigenvalue weighted by Gasteiger charge is 2.27. The number of hydrogen-bond acceptors (Lipinski definition) is 6. The Morgan fingerprint density at radius 3 is 2.38 bits per heavy atom. The first-order valence-electron chi connectivity index (χ1n) is 8.18. The summed E-state index contributed by atoms with van der Waals surface area (Å²) in [7, 11) is 0. The number of nitrogens with one attached hydrogen (secondary N) is 1. The van der Waals surface area contributed by atoms with Gasteiger partial charge >= 0.3 is 5.97 Å². The molecule has 0 spiro atoms. The molecule has 2 amide bonds. The lowest BCUT2D eigenvalue weighted by Crippen LogP contribution is -2.40. The van der Waals surface area contributed by atoms with Crippen LogP contribution in [0, 0.1) is 12.8 Å². The molecule has 8 nitrogen and oxygen atoms in total. The van der Waals surface area contributed by atoms with Crippen molar-refractivity contribution in [2.45, 2.75) is 19.8 Å². The van der Waals surface area contributed by atoms with Crippen molar-refractivity contribution in [2.24, 2.45) is 5.92 Å². The Morgan fingerprint density at radius 1 is 1.19 bits per heavy atom. The Morgan fingerprint density at radius 2 is 1.85 bits per heavy atom. The van der Waals surface area contributed by atoms with E-state index in [1.54, 1.807) is 36.1 Å². The molecular weight excluding hydrogens is 356 g/mol. The van der Waals surface area contributed by atoms with Crippen molar-refractivity contribution < 1.29 is 19.5 Å². The van der Waals surface area contributed by atoms with Gasteiger partial charge in [-0.15, -0.1) is 5.10 Å². The third-order valence-electron chi connectivity index (χ3n) is 4.38. The SMILES string of the molecule is Cc1nnsc1C(=O)Nc1ccc(C(=O)N2CCC(C(=O)O)CC2)cc1. The van der Waals surface area contributed by atoms with Gasteiger partial charge in [-0.1, -0.05) is 4.49 Å². The lowest BCUT2D eigenvalue weighted by molar-refractivity contribution is -0.143. The minimum Gasteiger partial charge on any atom is -0.481 e. The van der Waals surface area contributed by atoms with Crippen LogP contribution in [0.2, 0.25) is 0 Å². The molecule has 2 heterocycles. The van der Waals surface area contributed by atoms with Crippen molar-refractivity contribution in [3.05, 3.63) is 40.4 Å². The van der Waals surface area contributed by atoms with Crippen molar-refractivity contribution in [3.8, 4) is 0 Å². The van der Waals surface area contributed by atoms with Gasteiger partial charge in [-0.05, 0) is 55.6 Å². The van der Waals surface area contributed by atoms with Crippen molar-refractivity contribution in [3.63, 3.8) is 0 Å². The summed E-state index contributed by atoms with van der Waals surface area (Å²) >= 11 is 1.03. The van der Waals surface area contributed by atoms with E-state index in [1.165, 1.54) is 0 Å². The van der Waals surface area contributed by atoms with E-state index in [1.807, 2.05) is 0 Å². The van der Waals surface area contributed by atoms with Gasteiger partial charge in [0, 0.05) is 24.3 Å². The molecule has 0 bridgehead atoms. The highest BCUT2D eigenvalue weighted by atomic mass is 32.1. The van der Waals surface area contributed by atoms with Gasteiger partial charge in [0.25, 0.3) is 11.8 Å². The largest absolute Gasteiger partial charge is 0.481 e. The lowest BCUT2D eigenvalue weighted by Gasteiger charge is -2.30. The minimum absolute atomic E-state index is 0.130. The van der Waals surface area contributed by atoms with Gasteiger partial charge in [0.05, 0.1) is 11.6 Å². The van der Waals surface area contributed by atoms with Gasteiger partial charge in [0.2, 0.25) is 0 Å². The van der Waals surface area contributed by atoms with Gasteiger partial charge in [0.1, 0.15) is 4.88 Å². The first-order chi connectivity index (χ1) is 12.5. The van der Waals surface area contributed by atoms with Crippen LogP contribution in [0.5, 0.6) is 0 Å². The Hall–Kier alpha value is -2.81. The summed E-state index contributed by atoms with van der Waals surface area (Å²) in [5.74, 6) is -1.59. The number of likely N-dealkylation sites (tertiary alicyclic amines) is 1. The topological polar surface area (TPSA) is 112 Å². The molecule has 1 aromatic carbocycles. The van der Waals surface area contributed by atoms with E-state index in [2.05, 4.69) is 14.9 Å². The summed E-state index contributed by atoms with van der Waals surface area (Å²) in [4.78, 5) is 37.8. The molecule has 0 unspecified atom stereocenters. The first kappa shape index (κ1) is 18.0. The van der Waals surface area contributed by atoms with E-state index in [-0.39, 0.29) is 17.7 Å². The fraction of sp³-hybridized carbons (Fsp3) is 0.353. The van der Waals surface area contributed by atoms with Gasteiger partial charge in [-0.3, -0.25) is 14.4 Å². The number of rotatable bonds is 4. The number of carboxylic acid groups (broad SMARTS) is 1. The second-order valence-electron chi connectivity index (χ2n) is 6.12. The maximum absolute atomic E-state index is 12.5. The second-order valence-corrected chi connectivity index (χ2v) is 6.88. The van der Waals surface area contributed by atoms with Gasteiger partial charge in [-0.25, -0.2) is 0 Å². The number of anilines is 1. The van der Waals surface area contributed by atoms with Crippen LogP contribution in [-0.2, 0) is 4.79 Å². The molecular formula is C17H18N4O4S. The van der Waals surface area contributed by atoms with Crippen LogP contribution >= 0.6 is 11.5 Å². The van der Waals surface area contributed by atoms with E-state index in [9.17, 15) is 14.4 Å². The Labute approximate surface area is 154 Å². The van der Waals surface area contributed by atoms with Crippen molar-refractivity contribution >= 4 is 35.0 Å². The number of carbonyl (C=O) groups is 3. The number of hydrogen-bond donors (Lipinski definition) is 2. The van der Waals surface area contributed by atoms with Crippen LogP contribution in [0.3, 0.4) is 0 Å². The zero-order chi connectivity index (χ0) is 18.7. The zero-order valence-corrected chi connectivity index (χ0v) is 15.0. The van der Waals surface area contributed by atoms with E-state index < -0.39 is 5.97 Å². The molecule has 26 heavy (non-hydrogen) atoms. The van der Waals surface area contributed by atoms with Crippen LogP contribution in [0.25, 0.3) is 0 Å². The highest BCUT2D eigenvalue weighted by Crippen LogP contribution is 2.20. The fourth-order valence-electron chi connectivity index (χ4n) is 2.84. The average molecular weight is 374 g/mol. The maximum atomic E-state index is 12.5. The average Bonchev–Trinajstić information content (AvgIpc) is 3.08. The third kappa shape index (κ3) is 3.88. The number of aryl methyl sites for hydroxylation is 1. The van der Waals surface area contributed by atoms with Crippen molar-refractivity contribution in [1.29, 1.82) is 0 Å². The summed E-state index contributed by atoms with van der Waals surface area (Å²) in [5.41, 5.74) is 1.65. The molecule has 1 aromatic heterocycles. The monoisotopic (exact) mass is 374 g/mol. The fourth-order valence-corrected chi connectivity index (χ4v) is 3.39. The smallest absolute Gasteiger partial charge is 0.306 e. The summed E-state index contributed by atoms with van der Waals surface area (Å²) in [5, 5.41) is 15.6. The number of nitrogens with zero attached hydrogens (tertiary/aromatic N) is 3. The number of benzene rings is 1. The van der Waals surface area contributed by atoms with E-state index in [0.717, 1.165) is 11.5 Å². The van der Waals surface area contributed by atoms with E-state index in [4.69, 9.17) is 5.11 Å². The summed E-state index contributed by atoms with van der Waals surface area (Å²) in [6.07, 6.45) is 0.939. The molecule has 0 radical (unpaired) electrons. The van der Waals surface area contributed by atoms with Crippen LogP contribution in [0.4, 0.5) is 5.69 Å². The predicted molar refractivity (Wildman–Crippen MR) is 95.3 cm³/mol. The lowest BCUT2D eigenvalue weighted by atomic mass is 9.96. The maximum Gasteiger partial charge on any atom is 0.306 e. The number of aliphatic carboxylic acids is 1. The van der Waals surface area contributed by atoms with Crippen LogP contribution < -0.4 is 5.32 Å². The van der Waals surface area contributed by atoms with Crippen molar-refractivity contribution in [1.82, 2.24) is 14.5 Å². The summed E-state index contributed by atoms with van der Waals surface area (Å²) < 4.78 is 3.73. The number of carbonyl (C=O) groups excluding carboxylic acids is 2. The number of carboxylic acids is 1. The predicted octanol–water partition coefficient (Wildman–Crippen LogP) is 2.04. The van der Waals surface area contributed by atoms with Crippen LogP contribution in [0.1, 0.15) is 38.6 Å². The second kappa shape index (κ2) is 7.61. The molecule has 0 atom stereocenters. The molecule has 2 N–H and O–H groups in total. The quantitative estimate of drug-likeness (QED) is 0.847. The number of amides is 2. The molecule has 0 aliphatic carbocycles. The molecule has 1 aliphatic rings. The number of piperidine rings is 1. The Balaban J connectivity index is 1.61. The van der Waals surface area contributed by atoms with E-state index >= 15 is 0 Å². The van der Waals surface area contributed by atoms with Crippen LogP contribution in [0.15, 0.2) is 24.3 Å². The molecule has 9 heteroatoms. The molecule has 1 saturated heterocycles. The normalized spacial score (nSPS) is 14.9. The van der Waals surface area contributed by atoms with Crippen molar-refractivity contribution in [2.75, 3.05) is 18.4 Å². The summed E-state index contributed by atoms with van der Waals surface area (Å²) in [6, 6.07) is 6.63.